The summed E-state index contributed by atoms with van der Waals surface area (Å²) in [5.41, 5.74) is 6.00. The fraction of sp³-hybridized carbons (Fsp3) is 0.833. The van der Waals surface area contributed by atoms with Crippen molar-refractivity contribution in [2.45, 2.75) is 58.5 Å². The van der Waals surface area contributed by atoms with Gasteiger partial charge in [-0.3, -0.25) is 4.57 Å². The minimum atomic E-state index is -0.220. The first-order chi connectivity index (χ1) is 7.91. The normalized spacial score (nSPS) is 19.8. The van der Waals surface area contributed by atoms with Gasteiger partial charge in [0.05, 0.1) is 6.04 Å². The molecule has 96 valence electrons. The highest BCUT2D eigenvalue weighted by Gasteiger charge is 2.30. The maximum absolute atomic E-state index is 11.8. The summed E-state index contributed by atoms with van der Waals surface area (Å²) in [5.74, 6) is 0.703. The van der Waals surface area contributed by atoms with Crippen LogP contribution < -0.4 is 11.4 Å². The molecule has 0 saturated heterocycles. The summed E-state index contributed by atoms with van der Waals surface area (Å²) in [4.78, 5) is 11.8. The van der Waals surface area contributed by atoms with Crippen LogP contribution in [-0.2, 0) is 0 Å². The molecule has 5 nitrogen and oxygen atoms in total. The van der Waals surface area contributed by atoms with E-state index in [1.165, 1.54) is 12.8 Å². The second-order valence-corrected chi connectivity index (χ2v) is 6.04. The molecule has 1 aliphatic carbocycles. The maximum Gasteiger partial charge on any atom is 0.343 e. The Hall–Kier alpha value is -1.10. The SMILES string of the molecule is CC(C)(C)[C@H](N)c1n[nH]c(=O)n1C1CCCC1. The van der Waals surface area contributed by atoms with Crippen LogP contribution in [0.5, 0.6) is 0 Å². The molecule has 0 amide bonds. The minimum absolute atomic E-state index is 0.0953. The number of hydrogen-bond donors (Lipinski definition) is 2. The molecular formula is C12H22N4O. The van der Waals surface area contributed by atoms with E-state index in [2.05, 4.69) is 31.0 Å². The smallest absolute Gasteiger partial charge is 0.321 e. The summed E-state index contributed by atoms with van der Waals surface area (Å²) < 4.78 is 1.78. The van der Waals surface area contributed by atoms with E-state index in [-0.39, 0.29) is 23.2 Å². The molecule has 0 aromatic carbocycles. The van der Waals surface area contributed by atoms with Gasteiger partial charge in [-0.15, -0.1) is 0 Å². The van der Waals surface area contributed by atoms with Gasteiger partial charge in [-0.05, 0) is 18.3 Å². The molecule has 17 heavy (non-hydrogen) atoms. The van der Waals surface area contributed by atoms with Crippen LogP contribution in [0.1, 0.15) is 64.4 Å². The van der Waals surface area contributed by atoms with Crippen LogP contribution in [0, 0.1) is 5.41 Å². The number of rotatable bonds is 2. The summed E-state index contributed by atoms with van der Waals surface area (Å²) in [6.45, 7) is 6.20. The van der Waals surface area contributed by atoms with Gasteiger partial charge in [-0.25, -0.2) is 9.89 Å². The molecule has 2 rings (SSSR count). The van der Waals surface area contributed by atoms with Crippen molar-refractivity contribution >= 4 is 0 Å². The van der Waals surface area contributed by atoms with Crippen molar-refractivity contribution in [3.05, 3.63) is 16.3 Å². The third-order valence-electron chi connectivity index (χ3n) is 3.63. The van der Waals surface area contributed by atoms with Gasteiger partial charge in [-0.2, -0.15) is 5.10 Å². The number of hydrogen-bond acceptors (Lipinski definition) is 3. The lowest BCUT2D eigenvalue weighted by atomic mass is 9.87. The Morgan fingerprint density at radius 2 is 2.00 bits per heavy atom. The van der Waals surface area contributed by atoms with Gasteiger partial charge in [0.25, 0.3) is 0 Å². The number of nitrogens with one attached hydrogen (secondary N) is 1. The van der Waals surface area contributed by atoms with Gasteiger partial charge in [0, 0.05) is 6.04 Å². The Bertz CT molecular complexity index is 434. The van der Waals surface area contributed by atoms with Crippen molar-refractivity contribution < 1.29 is 0 Å². The lowest BCUT2D eigenvalue weighted by Crippen LogP contribution is -2.32. The minimum Gasteiger partial charge on any atom is -0.321 e. The first kappa shape index (κ1) is 12.4. The Morgan fingerprint density at radius 3 is 2.53 bits per heavy atom. The number of H-pyrrole nitrogens is 1. The molecule has 1 fully saturated rings. The van der Waals surface area contributed by atoms with Crippen molar-refractivity contribution in [1.82, 2.24) is 14.8 Å². The van der Waals surface area contributed by atoms with Crippen molar-refractivity contribution in [3.63, 3.8) is 0 Å². The van der Waals surface area contributed by atoms with Crippen LogP contribution in [0.3, 0.4) is 0 Å². The Balaban J connectivity index is 2.38. The van der Waals surface area contributed by atoms with E-state index >= 15 is 0 Å². The van der Waals surface area contributed by atoms with Crippen molar-refractivity contribution in [2.75, 3.05) is 0 Å². The lowest BCUT2D eigenvalue weighted by molar-refractivity contribution is 0.299. The fourth-order valence-corrected chi connectivity index (χ4v) is 2.44. The molecule has 3 N–H and O–H groups in total. The van der Waals surface area contributed by atoms with Crippen LogP contribution in [0.4, 0.5) is 0 Å². The van der Waals surface area contributed by atoms with Gasteiger partial charge < -0.3 is 5.73 Å². The first-order valence-electron chi connectivity index (χ1n) is 6.33. The molecule has 1 saturated carbocycles. The van der Waals surface area contributed by atoms with E-state index in [1.807, 2.05) is 0 Å². The fourth-order valence-electron chi connectivity index (χ4n) is 2.44. The maximum atomic E-state index is 11.8. The molecule has 0 radical (unpaired) electrons. The molecule has 1 heterocycles. The summed E-state index contributed by atoms with van der Waals surface area (Å²) in [6, 6.07) is 0.0618. The van der Waals surface area contributed by atoms with Gasteiger partial charge in [0.1, 0.15) is 0 Å². The lowest BCUT2D eigenvalue weighted by Gasteiger charge is -2.27. The van der Waals surface area contributed by atoms with E-state index in [4.69, 9.17) is 5.73 Å². The zero-order valence-electron chi connectivity index (χ0n) is 10.9. The Labute approximate surface area is 101 Å². The summed E-state index contributed by atoms with van der Waals surface area (Å²) in [5, 5.41) is 6.67. The third kappa shape index (κ3) is 2.29. The van der Waals surface area contributed by atoms with E-state index in [1.54, 1.807) is 4.57 Å². The second-order valence-electron chi connectivity index (χ2n) is 6.04. The van der Waals surface area contributed by atoms with Crippen LogP contribution in [0.2, 0.25) is 0 Å². The van der Waals surface area contributed by atoms with Crippen molar-refractivity contribution in [2.24, 2.45) is 11.1 Å². The Morgan fingerprint density at radius 1 is 1.41 bits per heavy atom. The molecule has 1 aromatic heterocycles. The molecule has 0 bridgehead atoms. The predicted molar refractivity (Wildman–Crippen MR) is 66.7 cm³/mol. The van der Waals surface area contributed by atoms with Gasteiger partial charge in [0.2, 0.25) is 0 Å². The van der Waals surface area contributed by atoms with Crippen molar-refractivity contribution in [3.8, 4) is 0 Å². The molecule has 0 unspecified atom stereocenters. The first-order valence-corrected chi connectivity index (χ1v) is 6.33. The van der Waals surface area contributed by atoms with E-state index in [0.29, 0.717) is 5.82 Å². The zero-order valence-corrected chi connectivity index (χ0v) is 10.9. The molecular weight excluding hydrogens is 216 g/mol. The van der Waals surface area contributed by atoms with Crippen molar-refractivity contribution in [1.29, 1.82) is 0 Å². The topological polar surface area (TPSA) is 76.7 Å². The Kier molecular flexibility index (Phi) is 3.12. The van der Waals surface area contributed by atoms with E-state index in [0.717, 1.165) is 12.8 Å². The van der Waals surface area contributed by atoms with Gasteiger partial charge in [-0.1, -0.05) is 33.6 Å². The van der Waals surface area contributed by atoms with Crippen LogP contribution >= 0.6 is 0 Å². The average Bonchev–Trinajstić information content (AvgIpc) is 2.83. The van der Waals surface area contributed by atoms with Crippen LogP contribution in [0.15, 0.2) is 4.79 Å². The van der Waals surface area contributed by atoms with Crippen LogP contribution in [-0.4, -0.2) is 14.8 Å². The number of aromatic amines is 1. The number of aromatic nitrogens is 3. The predicted octanol–water partition coefficient (Wildman–Crippen LogP) is 1.73. The summed E-state index contributed by atoms with van der Waals surface area (Å²) in [7, 11) is 0. The van der Waals surface area contributed by atoms with Gasteiger partial charge >= 0.3 is 5.69 Å². The molecule has 0 aliphatic heterocycles. The molecule has 1 aromatic rings. The second kappa shape index (κ2) is 4.29. The number of nitrogens with two attached hydrogens (primary N) is 1. The van der Waals surface area contributed by atoms with E-state index < -0.39 is 0 Å². The molecule has 1 aliphatic rings. The molecule has 5 heteroatoms. The highest BCUT2D eigenvalue weighted by molar-refractivity contribution is 5.01. The van der Waals surface area contributed by atoms with Gasteiger partial charge in [0.15, 0.2) is 5.82 Å². The molecule has 0 spiro atoms. The third-order valence-corrected chi connectivity index (χ3v) is 3.63. The number of nitrogens with zero attached hydrogens (tertiary/aromatic N) is 2. The zero-order chi connectivity index (χ0) is 12.6. The highest BCUT2D eigenvalue weighted by atomic mass is 16.1. The molecule has 1 atom stereocenters. The standard InChI is InChI=1S/C12H22N4O/c1-12(2,3)9(13)10-14-15-11(17)16(10)8-6-4-5-7-8/h8-9H,4-7,13H2,1-3H3,(H,15,17)/t9-/m1/s1. The monoisotopic (exact) mass is 238 g/mol. The summed E-state index contributed by atoms with van der Waals surface area (Å²) >= 11 is 0. The average molecular weight is 238 g/mol. The van der Waals surface area contributed by atoms with E-state index in [9.17, 15) is 4.79 Å². The quantitative estimate of drug-likeness (QED) is 0.823. The largest absolute Gasteiger partial charge is 0.343 e. The summed E-state index contributed by atoms with van der Waals surface area (Å²) in [6.07, 6.45) is 4.49. The van der Waals surface area contributed by atoms with Crippen LogP contribution in [0.25, 0.3) is 0 Å². The highest BCUT2D eigenvalue weighted by Crippen LogP contribution is 2.33.